The number of rotatable bonds is 7. The molecular formula is C22H22N2O2S2. The predicted octanol–water partition coefficient (Wildman–Crippen LogP) is 5.03. The van der Waals surface area contributed by atoms with Crippen LogP contribution in [0, 0.1) is 13.8 Å². The van der Waals surface area contributed by atoms with Crippen LogP contribution in [0.5, 0.6) is 0 Å². The largest absolute Gasteiger partial charge is 0.343 e. The third-order valence-electron chi connectivity index (χ3n) is 4.39. The molecule has 6 heteroatoms. The highest BCUT2D eigenvalue weighted by molar-refractivity contribution is 7.98. The normalized spacial score (nSPS) is 10.5. The van der Waals surface area contributed by atoms with Crippen molar-refractivity contribution in [3.05, 3.63) is 81.5 Å². The van der Waals surface area contributed by atoms with Crippen LogP contribution in [0.3, 0.4) is 0 Å². The van der Waals surface area contributed by atoms with E-state index in [1.807, 2.05) is 55.6 Å². The Morgan fingerprint density at radius 2 is 1.86 bits per heavy atom. The van der Waals surface area contributed by atoms with Gasteiger partial charge in [-0.2, -0.15) is 11.3 Å². The molecule has 0 aliphatic heterocycles. The third kappa shape index (κ3) is 5.24. The number of amides is 2. The number of carbonyl (C=O) groups excluding carboxylic acids is 2. The number of aryl methyl sites for hydroxylation is 1. The van der Waals surface area contributed by atoms with Crippen molar-refractivity contribution >= 4 is 40.6 Å². The maximum atomic E-state index is 12.6. The molecule has 0 aliphatic carbocycles. The minimum atomic E-state index is -0.246. The minimum absolute atomic E-state index is 0.0737. The van der Waals surface area contributed by atoms with Crippen LogP contribution in [0.1, 0.15) is 27.0 Å². The summed E-state index contributed by atoms with van der Waals surface area (Å²) in [4.78, 5) is 25.8. The first kappa shape index (κ1) is 20.2. The molecular weight excluding hydrogens is 388 g/mol. The van der Waals surface area contributed by atoms with E-state index in [9.17, 15) is 9.59 Å². The number of anilines is 1. The molecule has 4 nitrogen and oxygen atoms in total. The molecule has 1 aromatic heterocycles. The van der Waals surface area contributed by atoms with Crippen molar-refractivity contribution in [3.8, 4) is 0 Å². The highest BCUT2D eigenvalue weighted by Crippen LogP contribution is 2.27. The Morgan fingerprint density at radius 1 is 1.04 bits per heavy atom. The average molecular weight is 411 g/mol. The molecule has 3 rings (SSSR count). The second-order valence-electron chi connectivity index (χ2n) is 6.39. The van der Waals surface area contributed by atoms with Gasteiger partial charge in [0.2, 0.25) is 5.91 Å². The number of carbonyl (C=O) groups is 2. The van der Waals surface area contributed by atoms with E-state index < -0.39 is 0 Å². The molecule has 0 spiro atoms. The van der Waals surface area contributed by atoms with Crippen molar-refractivity contribution in [1.82, 2.24) is 5.32 Å². The van der Waals surface area contributed by atoms with Gasteiger partial charge in [-0.25, -0.2) is 0 Å². The Morgan fingerprint density at radius 3 is 2.64 bits per heavy atom. The Bertz CT molecular complexity index is 968. The standard InChI is InChI=1S/C22H22N2O2S2/c1-15-6-5-8-19(16(15)2)24-21(25)12-23-22(26)18-7-3-4-9-20(18)28-14-17-10-11-27-13-17/h3-11,13H,12,14H2,1-2H3,(H,23,26)(H,24,25). The van der Waals surface area contributed by atoms with E-state index in [-0.39, 0.29) is 18.4 Å². The van der Waals surface area contributed by atoms with Gasteiger partial charge in [-0.05, 0) is 65.6 Å². The zero-order valence-electron chi connectivity index (χ0n) is 15.8. The molecule has 0 bridgehead atoms. The second kappa shape index (κ2) is 9.57. The van der Waals surface area contributed by atoms with E-state index in [0.29, 0.717) is 5.56 Å². The molecule has 144 valence electrons. The lowest BCUT2D eigenvalue weighted by molar-refractivity contribution is -0.115. The zero-order valence-corrected chi connectivity index (χ0v) is 17.5. The van der Waals surface area contributed by atoms with E-state index in [1.165, 1.54) is 5.56 Å². The summed E-state index contributed by atoms with van der Waals surface area (Å²) in [7, 11) is 0. The van der Waals surface area contributed by atoms with Crippen molar-refractivity contribution in [1.29, 1.82) is 0 Å². The molecule has 0 aliphatic rings. The summed E-state index contributed by atoms with van der Waals surface area (Å²) in [6.07, 6.45) is 0. The first-order chi connectivity index (χ1) is 13.5. The van der Waals surface area contributed by atoms with Gasteiger partial charge in [0, 0.05) is 16.3 Å². The first-order valence-electron chi connectivity index (χ1n) is 8.92. The van der Waals surface area contributed by atoms with Gasteiger partial charge in [0.1, 0.15) is 0 Å². The fourth-order valence-corrected chi connectivity index (χ4v) is 4.42. The lowest BCUT2D eigenvalue weighted by Gasteiger charge is -2.12. The molecule has 2 amide bonds. The molecule has 28 heavy (non-hydrogen) atoms. The van der Waals surface area contributed by atoms with Gasteiger partial charge in [0.25, 0.3) is 5.91 Å². The van der Waals surface area contributed by atoms with E-state index in [4.69, 9.17) is 0 Å². The van der Waals surface area contributed by atoms with Crippen molar-refractivity contribution in [3.63, 3.8) is 0 Å². The van der Waals surface area contributed by atoms with Crippen LogP contribution in [0.2, 0.25) is 0 Å². The Kier molecular flexibility index (Phi) is 6.90. The van der Waals surface area contributed by atoms with E-state index in [1.54, 1.807) is 29.2 Å². The Labute approximate surface area is 173 Å². The van der Waals surface area contributed by atoms with Crippen molar-refractivity contribution < 1.29 is 9.59 Å². The highest BCUT2D eigenvalue weighted by atomic mass is 32.2. The topological polar surface area (TPSA) is 58.2 Å². The quantitative estimate of drug-likeness (QED) is 0.537. The summed E-state index contributed by atoms with van der Waals surface area (Å²) in [5.74, 6) is 0.316. The molecule has 0 saturated heterocycles. The summed E-state index contributed by atoms with van der Waals surface area (Å²) < 4.78 is 0. The number of benzene rings is 2. The number of thioether (sulfide) groups is 1. The summed E-state index contributed by atoms with van der Waals surface area (Å²) >= 11 is 3.28. The van der Waals surface area contributed by atoms with E-state index in [0.717, 1.165) is 27.5 Å². The molecule has 0 fully saturated rings. The number of hydrogen-bond donors (Lipinski definition) is 2. The Balaban J connectivity index is 1.58. The van der Waals surface area contributed by atoms with E-state index in [2.05, 4.69) is 22.1 Å². The fraction of sp³-hybridized carbons (Fsp3) is 0.182. The van der Waals surface area contributed by atoms with Crippen LogP contribution in [0.15, 0.2) is 64.2 Å². The van der Waals surface area contributed by atoms with Crippen LogP contribution in [0.4, 0.5) is 5.69 Å². The molecule has 2 aromatic carbocycles. The van der Waals surface area contributed by atoms with Crippen LogP contribution < -0.4 is 10.6 Å². The van der Waals surface area contributed by atoms with Gasteiger partial charge >= 0.3 is 0 Å². The van der Waals surface area contributed by atoms with Crippen LogP contribution >= 0.6 is 23.1 Å². The number of hydrogen-bond acceptors (Lipinski definition) is 4. The summed E-state index contributed by atoms with van der Waals surface area (Å²) in [5.41, 5.74) is 4.72. The molecule has 0 atom stereocenters. The summed E-state index contributed by atoms with van der Waals surface area (Å²) in [6, 6.07) is 15.3. The summed E-state index contributed by atoms with van der Waals surface area (Å²) in [6.45, 7) is 3.89. The third-order valence-corrected chi connectivity index (χ3v) is 6.27. The van der Waals surface area contributed by atoms with E-state index >= 15 is 0 Å². The average Bonchev–Trinajstić information content (AvgIpc) is 3.22. The van der Waals surface area contributed by atoms with Crippen molar-refractivity contribution in [2.75, 3.05) is 11.9 Å². The predicted molar refractivity (Wildman–Crippen MR) is 117 cm³/mol. The lowest BCUT2D eigenvalue weighted by atomic mass is 10.1. The monoisotopic (exact) mass is 410 g/mol. The maximum absolute atomic E-state index is 12.6. The second-order valence-corrected chi connectivity index (χ2v) is 8.19. The smallest absolute Gasteiger partial charge is 0.252 e. The van der Waals surface area contributed by atoms with Gasteiger partial charge in [0.15, 0.2) is 0 Å². The van der Waals surface area contributed by atoms with Gasteiger partial charge in [-0.15, -0.1) is 11.8 Å². The minimum Gasteiger partial charge on any atom is -0.343 e. The molecule has 2 N–H and O–H groups in total. The van der Waals surface area contributed by atoms with Gasteiger partial charge in [-0.3, -0.25) is 9.59 Å². The van der Waals surface area contributed by atoms with Crippen LogP contribution in [-0.2, 0) is 10.5 Å². The fourth-order valence-electron chi connectivity index (χ4n) is 2.65. The molecule has 0 radical (unpaired) electrons. The molecule has 3 aromatic rings. The lowest BCUT2D eigenvalue weighted by Crippen LogP contribution is -2.33. The number of nitrogens with one attached hydrogen (secondary N) is 2. The molecule has 1 heterocycles. The SMILES string of the molecule is Cc1cccc(NC(=O)CNC(=O)c2ccccc2SCc2ccsc2)c1C. The molecule has 0 saturated carbocycles. The van der Waals surface area contributed by atoms with Gasteiger partial charge < -0.3 is 10.6 Å². The van der Waals surface area contributed by atoms with Gasteiger partial charge in [-0.1, -0.05) is 24.3 Å². The maximum Gasteiger partial charge on any atom is 0.252 e. The highest BCUT2D eigenvalue weighted by Gasteiger charge is 2.13. The van der Waals surface area contributed by atoms with Crippen LogP contribution in [0.25, 0.3) is 0 Å². The van der Waals surface area contributed by atoms with Crippen LogP contribution in [-0.4, -0.2) is 18.4 Å². The van der Waals surface area contributed by atoms with Crippen molar-refractivity contribution in [2.24, 2.45) is 0 Å². The Hall–Kier alpha value is -2.57. The molecule has 0 unspecified atom stereocenters. The first-order valence-corrected chi connectivity index (χ1v) is 10.8. The number of thiophene rings is 1. The van der Waals surface area contributed by atoms with Crippen molar-refractivity contribution in [2.45, 2.75) is 24.5 Å². The zero-order chi connectivity index (χ0) is 19.9. The summed E-state index contributed by atoms with van der Waals surface area (Å²) in [5, 5.41) is 9.73. The van der Waals surface area contributed by atoms with Gasteiger partial charge in [0.05, 0.1) is 12.1 Å².